The number of ether oxygens (including phenoxy) is 3. The zero-order valence-corrected chi connectivity index (χ0v) is 25.4. The average molecular weight is 608 g/mol. The molecule has 2 N–H and O–H groups in total. The highest BCUT2D eigenvalue weighted by Gasteiger charge is 2.48. The number of benzene rings is 2. The maximum Gasteiger partial charge on any atom is 0.350 e. The lowest BCUT2D eigenvalue weighted by molar-refractivity contribution is -0.169. The summed E-state index contributed by atoms with van der Waals surface area (Å²) >= 11 is 6.03. The zero-order chi connectivity index (χ0) is 30.4. The van der Waals surface area contributed by atoms with Crippen LogP contribution in [-0.2, 0) is 38.6 Å². The van der Waals surface area contributed by atoms with Crippen molar-refractivity contribution in [2.24, 2.45) is 0 Å². The van der Waals surface area contributed by atoms with E-state index in [9.17, 15) is 9.59 Å². The van der Waals surface area contributed by atoms with Gasteiger partial charge < -0.3 is 29.4 Å². The molecule has 11 heteroatoms. The second-order valence-corrected chi connectivity index (χ2v) is 11.0. The number of aromatic nitrogens is 3. The Bertz CT molecular complexity index is 1600. The Balaban J connectivity index is 1.34. The van der Waals surface area contributed by atoms with E-state index in [1.54, 1.807) is 18.9 Å². The van der Waals surface area contributed by atoms with Crippen LogP contribution in [0.4, 0.5) is 5.82 Å². The van der Waals surface area contributed by atoms with E-state index in [2.05, 4.69) is 9.55 Å². The number of hydrogen-bond acceptors (Lipinski definition) is 8. The molecule has 228 valence electrons. The molecule has 0 unspecified atom stereocenters. The van der Waals surface area contributed by atoms with Gasteiger partial charge >= 0.3 is 5.97 Å². The molecule has 10 nitrogen and oxygen atoms in total. The fourth-order valence-corrected chi connectivity index (χ4v) is 5.76. The van der Waals surface area contributed by atoms with Gasteiger partial charge in [-0.1, -0.05) is 30.3 Å². The van der Waals surface area contributed by atoms with Crippen LogP contribution in [0, 0.1) is 0 Å². The van der Waals surface area contributed by atoms with Crippen molar-refractivity contribution in [2.45, 2.75) is 57.7 Å². The van der Waals surface area contributed by atoms with Crippen LogP contribution in [-0.4, -0.2) is 69.7 Å². The summed E-state index contributed by atoms with van der Waals surface area (Å²) in [5, 5.41) is 0.973. The Kier molecular flexibility index (Phi) is 9.67. The van der Waals surface area contributed by atoms with Crippen molar-refractivity contribution in [3.8, 4) is 5.75 Å². The Morgan fingerprint density at radius 3 is 2.67 bits per heavy atom. The molecule has 0 radical (unpaired) electrons. The molecule has 2 aromatic carbocycles. The van der Waals surface area contributed by atoms with Gasteiger partial charge in [0.05, 0.1) is 24.2 Å². The van der Waals surface area contributed by atoms with Crippen molar-refractivity contribution in [2.75, 3.05) is 38.5 Å². The van der Waals surface area contributed by atoms with Gasteiger partial charge in [-0.15, -0.1) is 11.6 Å². The molecule has 0 aliphatic heterocycles. The number of anilines is 1. The van der Waals surface area contributed by atoms with E-state index in [1.807, 2.05) is 48.5 Å². The number of fused-ring (bicyclic) bond motifs is 3. The highest BCUT2D eigenvalue weighted by Crippen LogP contribution is 2.38. The third kappa shape index (κ3) is 6.55. The third-order valence-electron chi connectivity index (χ3n) is 7.89. The summed E-state index contributed by atoms with van der Waals surface area (Å²) in [5.74, 6) is 1.21. The SMILES string of the molecule is CCOC(=O)C1(Oc2cccc(CN(CCCn3c(CCOC)nc4c(N)nc5ccccc5c43)C(=O)CCl)c2)CCC1. The van der Waals surface area contributed by atoms with Crippen LogP contribution in [0.25, 0.3) is 21.9 Å². The Hall–Kier alpha value is -3.89. The molecule has 5 rings (SSSR count). The number of esters is 1. The molecule has 1 aliphatic carbocycles. The minimum absolute atomic E-state index is 0.123. The predicted molar refractivity (Wildman–Crippen MR) is 166 cm³/mol. The number of imidazole rings is 1. The summed E-state index contributed by atoms with van der Waals surface area (Å²) in [6.45, 7) is 4.06. The van der Waals surface area contributed by atoms with Crippen LogP contribution >= 0.6 is 11.6 Å². The van der Waals surface area contributed by atoms with Crippen molar-refractivity contribution in [3.05, 3.63) is 59.9 Å². The lowest BCUT2D eigenvalue weighted by atomic mass is 9.80. The highest BCUT2D eigenvalue weighted by molar-refractivity contribution is 6.27. The standard InChI is InChI=1S/C32H38ClN5O5/c1-3-42-31(40)32(14-7-15-32)43-23-10-6-9-22(19-23)21-37(27(39)20-33)16-8-17-38-26(13-18-41-2)36-28-29(38)24-11-4-5-12-25(24)35-30(28)34/h4-6,9-12,19H,3,7-8,13-18,20-21H2,1-2H3,(H2,34,35). The second kappa shape index (κ2) is 13.6. The zero-order valence-electron chi connectivity index (χ0n) is 24.7. The van der Waals surface area contributed by atoms with Gasteiger partial charge in [0.15, 0.2) is 5.82 Å². The van der Waals surface area contributed by atoms with Crippen LogP contribution in [0.2, 0.25) is 0 Å². The second-order valence-electron chi connectivity index (χ2n) is 10.8. The maximum absolute atomic E-state index is 12.9. The van der Waals surface area contributed by atoms with E-state index < -0.39 is 5.60 Å². The van der Waals surface area contributed by atoms with Crippen molar-refractivity contribution in [3.63, 3.8) is 0 Å². The molecule has 43 heavy (non-hydrogen) atoms. The normalized spacial score (nSPS) is 14.0. The first-order chi connectivity index (χ1) is 20.9. The Labute approximate surface area is 256 Å². The fraction of sp³-hybridized carbons (Fsp3) is 0.438. The molecular formula is C32H38ClN5O5. The van der Waals surface area contributed by atoms with Crippen molar-refractivity contribution in [1.29, 1.82) is 0 Å². The largest absolute Gasteiger partial charge is 0.476 e. The van der Waals surface area contributed by atoms with Crippen LogP contribution < -0.4 is 10.5 Å². The van der Waals surface area contributed by atoms with E-state index in [1.165, 1.54) is 0 Å². The van der Waals surface area contributed by atoms with E-state index in [0.29, 0.717) is 75.6 Å². The summed E-state index contributed by atoms with van der Waals surface area (Å²) in [5.41, 5.74) is 8.68. The molecule has 0 bridgehead atoms. The number of carbonyl (C=O) groups excluding carboxylic acids is 2. The minimum Gasteiger partial charge on any atom is -0.476 e. The molecule has 1 amide bonds. The van der Waals surface area contributed by atoms with Gasteiger partial charge in [0.25, 0.3) is 0 Å². The average Bonchev–Trinajstić information content (AvgIpc) is 3.36. The highest BCUT2D eigenvalue weighted by atomic mass is 35.5. The molecule has 1 aliphatic rings. The van der Waals surface area contributed by atoms with Crippen molar-refractivity contribution < 1.29 is 23.8 Å². The first-order valence-electron chi connectivity index (χ1n) is 14.7. The quantitative estimate of drug-likeness (QED) is 0.159. The number of halogens is 1. The Morgan fingerprint density at radius 1 is 1.14 bits per heavy atom. The van der Waals surface area contributed by atoms with E-state index in [4.69, 9.17) is 36.5 Å². The summed E-state index contributed by atoms with van der Waals surface area (Å²) in [7, 11) is 1.66. The van der Waals surface area contributed by atoms with Gasteiger partial charge in [-0.05, 0) is 56.4 Å². The number of rotatable bonds is 14. The van der Waals surface area contributed by atoms with E-state index >= 15 is 0 Å². The molecule has 0 atom stereocenters. The number of aryl methyl sites for hydroxylation is 1. The molecule has 2 heterocycles. The van der Waals surface area contributed by atoms with Gasteiger partial charge in [-0.2, -0.15) is 0 Å². The van der Waals surface area contributed by atoms with E-state index in [-0.39, 0.29) is 17.8 Å². The molecule has 1 saturated carbocycles. The number of nitrogens with two attached hydrogens (primary N) is 1. The molecule has 4 aromatic rings. The topological polar surface area (TPSA) is 122 Å². The lowest BCUT2D eigenvalue weighted by Gasteiger charge is -2.39. The monoisotopic (exact) mass is 607 g/mol. The van der Waals surface area contributed by atoms with Crippen LogP contribution in [0.5, 0.6) is 5.75 Å². The van der Waals surface area contributed by atoms with Crippen LogP contribution in [0.15, 0.2) is 48.5 Å². The first kappa shape index (κ1) is 30.6. The lowest BCUT2D eigenvalue weighted by Crippen LogP contribution is -2.51. The number of alkyl halides is 1. The number of methoxy groups -OCH3 is 1. The fourth-order valence-electron chi connectivity index (χ4n) is 5.59. The van der Waals surface area contributed by atoms with Gasteiger partial charge in [-0.3, -0.25) is 4.79 Å². The number of amides is 1. The molecule has 1 fully saturated rings. The van der Waals surface area contributed by atoms with Gasteiger partial charge in [0.1, 0.15) is 23.0 Å². The van der Waals surface area contributed by atoms with Crippen molar-refractivity contribution in [1.82, 2.24) is 19.4 Å². The predicted octanol–water partition coefficient (Wildman–Crippen LogP) is 4.88. The minimum atomic E-state index is -0.933. The van der Waals surface area contributed by atoms with Gasteiger partial charge in [0, 0.05) is 38.6 Å². The number of carbonyl (C=O) groups is 2. The smallest absolute Gasteiger partial charge is 0.350 e. The molecular weight excluding hydrogens is 570 g/mol. The molecule has 0 saturated heterocycles. The number of para-hydroxylation sites is 1. The summed E-state index contributed by atoms with van der Waals surface area (Å²) in [4.78, 5) is 36.6. The number of pyridine rings is 1. The number of hydrogen-bond donors (Lipinski definition) is 1. The van der Waals surface area contributed by atoms with Crippen LogP contribution in [0.3, 0.4) is 0 Å². The van der Waals surface area contributed by atoms with Crippen LogP contribution in [0.1, 0.15) is 44.0 Å². The summed E-state index contributed by atoms with van der Waals surface area (Å²) < 4.78 is 19.0. The van der Waals surface area contributed by atoms with E-state index in [0.717, 1.165) is 34.2 Å². The summed E-state index contributed by atoms with van der Waals surface area (Å²) in [6.07, 6.45) is 3.43. The van der Waals surface area contributed by atoms with Gasteiger partial charge in [-0.25, -0.2) is 14.8 Å². The Morgan fingerprint density at radius 2 is 1.95 bits per heavy atom. The number of nitrogen functional groups attached to an aromatic ring is 1. The third-order valence-corrected chi connectivity index (χ3v) is 8.12. The van der Waals surface area contributed by atoms with Gasteiger partial charge in [0.2, 0.25) is 11.5 Å². The summed E-state index contributed by atoms with van der Waals surface area (Å²) in [6, 6.07) is 15.4. The first-order valence-corrected chi connectivity index (χ1v) is 15.2. The van der Waals surface area contributed by atoms with Crippen molar-refractivity contribution >= 4 is 51.2 Å². The molecule has 0 spiro atoms. The maximum atomic E-state index is 12.9. The molecule has 2 aromatic heterocycles. The number of nitrogens with zero attached hydrogens (tertiary/aromatic N) is 4.